The van der Waals surface area contributed by atoms with E-state index in [9.17, 15) is 9.90 Å². The van der Waals surface area contributed by atoms with E-state index in [1.165, 1.54) is 28.3 Å². The smallest absolute Gasteiger partial charge is 0.303 e. The second-order valence-electron chi connectivity index (χ2n) is 8.17. The Morgan fingerprint density at radius 2 is 1.75 bits per heavy atom. The van der Waals surface area contributed by atoms with Gasteiger partial charge in [0, 0.05) is 29.5 Å². The second kappa shape index (κ2) is 8.33. The zero-order valence-electron chi connectivity index (χ0n) is 19.1. The number of hydrogen-bond donors (Lipinski definition) is 1. The Kier molecular flexibility index (Phi) is 5.71. The third-order valence-corrected chi connectivity index (χ3v) is 6.35. The van der Waals surface area contributed by atoms with Gasteiger partial charge in [-0.05, 0) is 30.0 Å². The largest absolute Gasteiger partial charge is 0.504 e. The van der Waals surface area contributed by atoms with Crippen molar-refractivity contribution in [1.29, 1.82) is 0 Å². The van der Waals surface area contributed by atoms with Gasteiger partial charge in [0.2, 0.25) is 18.3 Å². The van der Waals surface area contributed by atoms with Crippen LogP contribution >= 0.6 is 0 Å². The van der Waals surface area contributed by atoms with Crippen molar-refractivity contribution in [2.24, 2.45) is 11.8 Å². The van der Waals surface area contributed by atoms with E-state index in [4.69, 9.17) is 28.4 Å². The summed E-state index contributed by atoms with van der Waals surface area (Å²) in [7, 11) is 4.53. The summed E-state index contributed by atoms with van der Waals surface area (Å²) in [6.07, 6.45) is 0.0284. The summed E-state index contributed by atoms with van der Waals surface area (Å²) in [5, 5.41) is 11.4. The van der Waals surface area contributed by atoms with Crippen LogP contribution in [0.4, 0.5) is 0 Å². The van der Waals surface area contributed by atoms with Crippen molar-refractivity contribution in [3.63, 3.8) is 0 Å². The number of benzene rings is 2. The standard InChI is InChI=1S/C24H28O8/c1-11-7-14-8-16(27-4)22(28-5)20(26)18(14)19-15(21(12(11)2)32-13(3)25)9-17-23(24(19)29-6)31-10-30-17/h8-9,11-12,21,26H,7,10H2,1-6H3/t11-,12-,21?/m1/s1. The van der Waals surface area contributed by atoms with Crippen LogP contribution < -0.4 is 23.7 Å². The molecule has 1 heterocycles. The predicted octanol–water partition coefficient (Wildman–Crippen LogP) is 4.25. The molecule has 0 spiro atoms. The van der Waals surface area contributed by atoms with Crippen LogP contribution in [-0.4, -0.2) is 39.2 Å². The van der Waals surface area contributed by atoms with Gasteiger partial charge in [0.1, 0.15) is 6.10 Å². The monoisotopic (exact) mass is 444 g/mol. The van der Waals surface area contributed by atoms with E-state index in [1.54, 1.807) is 0 Å². The molecule has 0 saturated carbocycles. The Bertz CT molecular complexity index is 1060. The quantitative estimate of drug-likeness (QED) is 0.700. The number of rotatable bonds is 4. The summed E-state index contributed by atoms with van der Waals surface area (Å²) >= 11 is 0. The lowest BCUT2D eigenvalue weighted by Crippen LogP contribution is -2.26. The van der Waals surface area contributed by atoms with E-state index in [0.717, 1.165) is 5.56 Å². The van der Waals surface area contributed by atoms with Gasteiger partial charge in [0.05, 0.1) is 21.3 Å². The number of ether oxygens (including phenoxy) is 6. The van der Waals surface area contributed by atoms with E-state index < -0.39 is 12.1 Å². The van der Waals surface area contributed by atoms with Crippen LogP contribution in [0.2, 0.25) is 0 Å². The molecule has 2 aliphatic rings. The van der Waals surface area contributed by atoms with Gasteiger partial charge in [-0.2, -0.15) is 0 Å². The average molecular weight is 444 g/mol. The molecule has 3 atom stereocenters. The number of carbonyl (C=O) groups excluding carboxylic acids is 1. The highest BCUT2D eigenvalue weighted by atomic mass is 16.7. The maximum atomic E-state index is 12.1. The topological polar surface area (TPSA) is 92.7 Å². The van der Waals surface area contributed by atoms with Crippen molar-refractivity contribution in [3.8, 4) is 45.6 Å². The van der Waals surface area contributed by atoms with E-state index in [-0.39, 0.29) is 30.1 Å². The Labute approximate surface area is 186 Å². The number of hydrogen-bond acceptors (Lipinski definition) is 8. The fourth-order valence-corrected chi connectivity index (χ4v) is 4.64. The molecule has 2 aromatic carbocycles. The Balaban J connectivity index is 2.14. The molecule has 8 heteroatoms. The molecule has 0 bridgehead atoms. The molecule has 4 rings (SSSR count). The highest BCUT2D eigenvalue weighted by Crippen LogP contribution is 2.58. The fraction of sp³-hybridized carbons (Fsp3) is 0.458. The molecule has 0 fully saturated rings. The van der Waals surface area contributed by atoms with Gasteiger partial charge in [-0.15, -0.1) is 0 Å². The lowest BCUT2D eigenvalue weighted by Gasteiger charge is -2.34. The second-order valence-corrected chi connectivity index (χ2v) is 8.17. The SMILES string of the molecule is COc1cc2c(c(O)c1OC)-c1c(cc3c(c1OC)OCO3)C(OC(C)=O)[C@H](C)[C@H](C)C2. The van der Waals surface area contributed by atoms with Crippen molar-refractivity contribution in [2.75, 3.05) is 28.1 Å². The summed E-state index contributed by atoms with van der Waals surface area (Å²) < 4.78 is 33.9. The van der Waals surface area contributed by atoms with Crippen LogP contribution in [0.3, 0.4) is 0 Å². The van der Waals surface area contributed by atoms with Crippen molar-refractivity contribution in [3.05, 3.63) is 23.3 Å². The van der Waals surface area contributed by atoms with Gasteiger partial charge < -0.3 is 33.5 Å². The molecule has 2 aromatic rings. The number of esters is 1. The lowest BCUT2D eigenvalue weighted by atomic mass is 9.76. The maximum Gasteiger partial charge on any atom is 0.303 e. The van der Waals surface area contributed by atoms with Gasteiger partial charge in [-0.3, -0.25) is 4.79 Å². The minimum atomic E-state index is -0.582. The molecule has 172 valence electrons. The third-order valence-electron chi connectivity index (χ3n) is 6.35. The Morgan fingerprint density at radius 1 is 1.03 bits per heavy atom. The van der Waals surface area contributed by atoms with Crippen molar-refractivity contribution < 1.29 is 38.3 Å². The van der Waals surface area contributed by atoms with Gasteiger partial charge in [-0.1, -0.05) is 13.8 Å². The van der Waals surface area contributed by atoms with Crippen molar-refractivity contribution in [1.82, 2.24) is 0 Å². The molecule has 32 heavy (non-hydrogen) atoms. The van der Waals surface area contributed by atoms with E-state index in [2.05, 4.69) is 6.92 Å². The fourth-order valence-electron chi connectivity index (χ4n) is 4.64. The summed E-state index contributed by atoms with van der Waals surface area (Å²) in [6, 6.07) is 3.68. The predicted molar refractivity (Wildman–Crippen MR) is 116 cm³/mol. The zero-order chi connectivity index (χ0) is 23.2. The van der Waals surface area contributed by atoms with Gasteiger partial charge in [0.15, 0.2) is 23.0 Å². The average Bonchev–Trinajstić information content (AvgIpc) is 3.23. The number of aromatic hydroxyl groups is 1. The summed E-state index contributed by atoms with van der Waals surface area (Å²) in [4.78, 5) is 12.1. The van der Waals surface area contributed by atoms with E-state index >= 15 is 0 Å². The third kappa shape index (κ3) is 3.34. The first-order chi connectivity index (χ1) is 15.3. The summed E-state index contributed by atoms with van der Waals surface area (Å²) in [5.74, 6) is 1.58. The Morgan fingerprint density at radius 3 is 2.38 bits per heavy atom. The van der Waals surface area contributed by atoms with Crippen LogP contribution in [0, 0.1) is 11.8 Å². The molecule has 1 unspecified atom stereocenters. The summed E-state index contributed by atoms with van der Waals surface area (Å²) in [6.45, 7) is 5.57. The highest BCUT2D eigenvalue weighted by molar-refractivity contribution is 5.88. The maximum absolute atomic E-state index is 12.1. The van der Waals surface area contributed by atoms with E-state index in [1.807, 2.05) is 19.1 Å². The number of fused-ring (bicyclic) bond motifs is 4. The molecule has 0 amide bonds. The molecular weight excluding hydrogens is 416 g/mol. The van der Waals surface area contributed by atoms with Crippen molar-refractivity contribution >= 4 is 5.97 Å². The molecule has 1 aliphatic heterocycles. The normalized spacial score (nSPS) is 21.0. The number of phenols is 1. The molecule has 1 N–H and O–H groups in total. The molecule has 0 aromatic heterocycles. The highest BCUT2D eigenvalue weighted by Gasteiger charge is 2.39. The number of methoxy groups -OCH3 is 3. The molecule has 1 aliphatic carbocycles. The molecule has 0 saturated heterocycles. The van der Waals surface area contributed by atoms with Gasteiger partial charge in [-0.25, -0.2) is 0 Å². The van der Waals surface area contributed by atoms with Crippen molar-refractivity contribution in [2.45, 2.75) is 33.3 Å². The van der Waals surface area contributed by atoms with E-state index in [0.29, 0.717) is 46.1 Å². The first kappa shape index (κ1) is 21.9. The first-order valence-corrected chi connectivity index (χ1v) is 10.5. The van der Waals surface area contributed by atoms with Gasteiger partial charge >= 0.3 is 5.97 Å². The molecule has 0 radical (unpaired) electrons. The first-order valence-electron chi connectivity index (χ1n) is 10.5. The number of carbonyl (C=O) groups is 1. The minimum absolute atomic E-state index is 0.0360. The zero-order valence-corrected chi connectivity index (χ0v) is 19.1. The van der Waals surface area contributed by atoms with Gasteiger partial charge in [0.25, 0.3) is 0 Å². The minimum Gasteiger partial charge on any atom is -0.504 e. The van der Waals surface area contributed by atoms with Crippen LogP contribution in [0.15, 0.2) is 12.1 Å². The van der Waals surface area contributed by atoms with Crippen LogP contribution in [-0.2, 0) is 16.0 Å². The van der Waals surface area contributed by atoms with Crippen LogP contribution in [0.5, 0.6) is 34.5 Å². The Hall–Kier alpha value is -3.29. The summed E-state index contributed by atoms with van der Waals surface area (Å²) in [5.41, 5.74) is 2.64. The number of phenolic OH excluding ortho intramolecular Hbond substituents is 1. The van der Waals surface area contributed by atoms with Crippen LogP contribution in [0.1, 0.15) is 38.0 Å². The lowest BCUT2D eigenvalue weighted by molar-refractivity contribution is -0.150. The molecule has 8 nitrogen and oxygen atoms in total. The van der Waals surface area contributed by atoms with Crippen LogP contribution in [0.25, 0.3) is 11.1 Å². The molecular formula is C24H28O8.